The van der Waals surface area contributed by atoms with Gasteiger partial charge in [0.15, 0.2) is 0 Å². The Morgan fingerprint density at radius 2 is 1.29 bits per heavy atom. The molecule has 7 rings (SSSR count). The molecule has 8 heteroatoms. The second kappa shape index (κ2) is 8.57. The van der Waals surface area contributed by atoms with Gasteiger partial charge in [0.2, 0.25) is 17.7 Å². The number of likely N-dealkylation sites (tertiary alicyclic amines) is 1. The first-order valence-electron chi connectivity index (χ1n) is 12.5. The molecule has 5 nitrogen and oxygen atoms in total. The zero-order chi connectivity index (χ0) is 27.1. The summed E-state index contributed by atoms with van der Waals surface area (Å²) < 4.78 is 0. The lowest BCUT2D eigenvalue weighted by atomic mass is 9.54. The zero-order valence-electron chi connectivity index (χ0n) is 21.0. The standard InChI is InChI=1S/C30H25Cl3N2O3/c1-15(2)25(26(36)34-22-14-17(31)13-12-16(22)3)35-27(37)23-24(28(35)38)30(33)19-9-5-4-8-18(19)29(23,32)20-10-6-7-11-21(20)30/h4-15,23-25H,1-3H3,(H,34,36)/t23-,24+,25-,29?,30?/m0/s1. The molecular formula is C30H25Cl3N2O3. The molecule has 0 spiro atoms. The number of hydrogen-bond acceptors (Lipinski definition) is 3. The van der Waals surface area contributed by atoms with Crippen LogP contribution in [0.1, 0.15) is 41.7 Å². The Kier molecular flexibility index (Phi) is 5.73. The van der Waals surface area contributed by atoms with Gasteiger partial charge < -0.3 is 5.32 Å². The van der Waals surface area contributed by atoms with Gasteiger partial charge in [-0.15, -0.1) is 23.2 Å². The van der Waals surface area contributed by atoms with E-state index < -0.39 is 45.3 Å². The van der Waals surface area contributed by atoms with Gasteiger partial charge in [0.1, 0.15) is 15.8 Å². The van der Waals surface area contributed by atoms with Crippen LogP contribution in [0.3, 0.4) is 0 Å². The van der Waals surface area contributed by atoms with Crippen LogP contribution in [0.5, 0.6) is 0 Å². The Morgan fingerprint density at radius 1 is 0.842 bits per heavy atom. The monoisotopic (exact) mass is 566 g/mol. The summed E-state index contributed by atoms with van der Waals surface area (Å²) in [7, 11) is 0. The van der Waals surface area contributed by atoms with Crippen LogP contribution in [-0.4, -0.2) is 28.7 Å². The van der Waals surface area contributed by atoms with Gasteiger partial charge in [-0.25, -0.2) is 0 Å². The van der Waals surface area contributed by atoms with Crippen LogP contribution in [0.25, 0.3) is 0 Å². The smallest absolute Gasteiger partial charge is 0.247 e. The highest BCUT2D eigenvalue weighted by molar-refractivity contribution is 6.36. The molecule has 194 valence electrons. The van der Waals surface area contributed by atoms with Gasteiger partial charge in [-0.2, -0.15) is 0 Å². The van der Waals surface area contributed by atoms with Gasteiger partial charge in [-0.3, -0.25) is 19.3 Å². The number of rotatable bonds is 4. The molecule has 2 bridgehead atoms. The Bertz CT molecular complexity index is 1410. The summed E-state index contributed by atoms with van der Waals surface area (Å²) in [6.07, 6.45) is 0. The number of carbonyl (C=O) groups is 3. The maximum Gasteiger partial charge on any atom is 0.247 e. The van der Waals surface area contributed by atoms with Gasteiger partial charge in [-0.1, -0.05) is 80.0 Å². The summed E-state index contributed by atoms with van der Waals surface area (Å²) in [5.41, 5.74) is 4.22. The van der Waals surface area contributed by atoms with E-state index >= 15 is 0 Å². The number of hydrogen-bond donors (Lipinski definition) is 1. The summed E-state index contributed by atoms with van der Waals surface area (Å²) in [6, 6.07) is 19.0. The summed E-state index contributed by atoms with van der Waals surface area (Å²) in [6.45, 7) is 5.46. The van der Waals surface area contributed by atoms with E-state index in [4.69, 9.17) is 34.8 Å². The lowest BCUT2D eigenvalue weighted by Crippen LogP contribution is -2.57. The predicted molar refractivity (Wildman–Crippen MR) is 148 cm³/mol. The van der Waals surface area contributed by atoms with E-state index in [9.17, 15) is 14.4 Å². The molecule has 0 aromatic heterocycles. The molecule has 1 saturated heterocycles. The highest BCUT2D eigenvalue weighted by atomic mass is 35.5. The molecule has 0 saturated carbocycles. The number of carbonyl (C=O) groups excluding carboxylic acids is 3. The van der Waals surface area contributed by atoms with Gasteiger partial charge in [0, 0.05) is 10.7 Å². The average molecular weight is 568 g/mol. The van der Waals surface area contributed by atoms with Gasteiger partial charge in [0.05, 0.1) is 11.8 Å². The first kappa shape index (κ1) is 25.4. The van der Waals surface area contributed by atoms with Crippen LogP contribution in [0.2, 0.25) is 5.02 Å². The normalized spacial score (nSPS) is 27.7. The fraction of sp³-hybridized carbons (Fsp3) is 0.300. The van der Waals surface area contributed by atoms with E-state index in [-0.39, 0.29) is 5.92 Å². The van der Waals surface area contributed by atoms with Crippen molar-refractivity contribution >= 4 is 58.2 Å². The summed E-state index contributed by atoms with van der Waals surface area (Å²) >= 11 is 21.2. The molecule has 1 fully saturated rings. The Hall–Kier alpha value is -2.86. The highest BCUT2D eigenvalue weighted by Crippen LogP contribution is 2.69. The number of benzene rings is 3. The van der Waals surface area contributed by atoms with Gasteiger partial charge >= 0.3 is 0 Å². The number of aryl methyl sites for hydroxylation is 1. The van der Waals surface area contributed by atoms with E-state index in [0.29, 0.717) is 10.7 Å². The second-order valence-electron chi connectivity index (χ2n) is 10.7. The molecule has 0 unspecified atom stereocenters. The molecule has 3 aliphatic carbocycles. The molecule has 38 heavy (non-hydrogen) atoms. The number of imide groups is 1. The zero-order valence-corrected chi connectivity index (χ0v) is 23.2. The van der Waals surface area contributed by atoms with Crippen molar-refractivity contribution in [3.05, 3.63) is 99.6 Å². The van der Waals surface area contributed by atoms with Crippen molar-refractivity contribution in [2.24, 2.45) is 17.8 Å². The third-order valence-corrected chi connectivity index (χ3v) is 9.77. The van der Waals surface area contributed by atoms with Crippen LogP contribution in [-0.2, 0) is 24.1 Å². The maximum absolute atomic E-state index is 14.3. The lowest BCUT2D eigenvalue weighted by Gasteiger charge is -2.54. The molecule has 3 amide bonds. The predicted octanol–water partition coefficient (Wildman–Crippen LogP) is 6.20. The minimum absolute atomic E-state index is 0.373. The van der Waals surface area contributed by atoms with Crippen LogP contribution in [0, 0.1) is 24.7 Å². The molecule has 3 aromatic carbocycles. The van der Waals surface area contributed by atoms with E-state index in [1.165, 1.54) is 0 Å². The van der Waals surface area contributed by atoms with E-state index in [0.717, 1.165) is 32.7 Å². The Balaban J connectivity index is 1.49. The van der Waals surface area contributed by atoms with Crippen molar-refractivity contribution in [3.8, 4) is 0 Å². The quantitative estimate of drug-likeness (QED) is 0.301. The molecule has 1 heterocycles. The molecular weight excluding hydrogens is 543 g/mol. The molecule has 0 radical (unpaired) electrons. The van der Waals surface area contributed by atoms with E-state index in [1.54, 1.807) is 18.2 Å². The minimum Gasteiger partial charge on any atom is -0.324 e. The van der Waals surface area contributed by atoms with Crippen molar-refractivity contribution in [1.29, 1.82) is 0 Å². The number of nitrogens with one attached hydrogen (secondary N) is 1. The third-order valence-electron chi connectivity index (χ3n) is 8.26. The third kappa shape index (κ3) is 3.16. The molecule has 3 atom stereocenters. The Labute approximate surface area is 236 Å². The number of anilines is 1. The van der Waals surface area contributed by atoms with E-state index in [1.807, 2.05) is 69.3 Å². The first-order valence-corrected chi connectivity index (χ1v) is 13.7. The van der Waals surface area contributed by atoms with E-state index in [2.05, 4.69) is 5.32 Å². The van der Waals surface area contributed by atoms with Gasteiger partial charge in [0.25, 0.3) is 0 Å². The van der Waals surface area contributed by atoms with Crippen molar-refractivity contribution in [1.82, 2.24) is 4.90 Å². The van der Waals surface area contributed by atoms with Crippen LogP contribution in [0.15, 0.2) is 66.7 Å². The first-order chi connectivity index (χ1) is 18.0. The van der Waals surface area contributed by atoms with Crippen molar-refractivity contribution < 1.29 is 14.4 Å². The number of nitrogens with zero attached hydrogens (tertiary/aromatic N) is 1. The maximum atomic E-state index is 14.3. The summed E-state index contributed by atoms with van der Waals surface area (Å²) in [5.74, 6) is -3.73. The van der Waals surface area contributed by atoms with Crippen molar-refractivity contribution in [2.75, 3.05) is 5.32 Å². The highest BCUT2D eigenvalue weighted by Gasteiger charge is 2.73. The molecule has 1 N–H and O–H groups in total. The average Bonchev–Trinajstić information content (AvgIpc) is 3.16. The fourth-order valence-corrected chi connectivity index (χ4v) is 7.89. The Morgan fingerprint density at radius 3 is 1.71 bits per heavy atom. The topological polar surface area (TPSA) is 66.5 Å². The van der Waals surface area contributed by atoms with Gasteiger partial charge in [-0.05, 0) is 52.8 Å². The lowest BCUT2D eigenvalue weighted by molar-refractivity contribution is -0.148. The second-order valence-corrected chi connectivity index (χ2v) is 12.3. The van der Waals surface area contributed by atoms with Crippen LogP contribution in [0.4, 0.5) is 5.69 Å². The molecule has 1 aliphatic heterocycles. The number of alkyl halides is 2. The SMILES string of the molecule is Cc1ccc(Cl)cc1NC(=O)[C@H](C(C)C)N1C(=O)[C@@H]2[C@H](C1=O)C1(Cl)c3ccccc3C2(Cl)c2ccccc21. The summed E-state index contributed by atoms with van der Waals surface area (Å²) in [4.78, 5) is 40.8. The summed E-state index contributed by atoms with van der Waals surface area (Å²) in [5, 5.41) is 3.35. The molecule has 3 aromatic rings. The minimum atomic E-state index is -1.29. The number of halogens is 3. The number of amides is 3. The largest absolute Gasteiger partial charge is 0.324 e. The van der Waals surface area contributed by atoms with Crippen LogP contribution >= 0.6 is 34.8 Å². The molecule has 4 aliphatic rings. The van der Waals surface area contributed by atoms with Crippen LogP contribution < -0.4 is 5.32 Å². The van der Waals surface area contributed by atoms with Crippen molar-refractivity contribution in [3.63, 3.8) is 0 Å². The van der Waals surface area contributed by atoms with Crippen molar-refractivity contribution in [2.45, 2.75) is 36.6 Å². The fourth-order valence-electron chi connectivity index (χ4n) is 6.62.